The highest BCUT2D eigenvalue weighted by molar-refractivity contribution is 5.98. The van der Waals surface area contributed by atoms with Gasteiger partial charge in [0.2, 0.25) is 0 Å². The van der Waals surface area contributed by atoms with Crippen LogP contribution in [0.5, 0.6) is 0 Å². The van der Waals surface area contributed by atoms with Gasteiger partial charge in [-0.05, 0) is 50.6 Å². The van der Waals surface area contributed by atoms with E-state index in [-0.39, 0.29) is 11.9 Å². The van der Waals surface area contributed by atoms with Crippen LogP contribution in [0, 0.1) is 13.8 Å². The SMILES string of the molecule is Cc1ccnc(C[C@@H](C)N(C)C(=O)c2cc3cnccc3nc2C)c1. The van der Waals surface area contributed by atoms with Gasteiger partial charge in [-0.1, -0.05) is 0 Å². The summed E-state index contributed by atoms with van der Waals surface area (Å²) in [6.07, 6.45) is 5.97. The van der Waals surface area contributed by atoms with Crippen molar-refractivity contribution in [3.05, 3.63) is 65.4 Å². The summed E-state index contributed by atoms with van der Waals surface area (Å²) in [5, 5.41) is 0.873. The number of likely N-dealkylation sites (N-methyl/N-ethyl adjacent to an activating group) is 1. The fraction of sp³-hybridized carbons (Fsp3) is 0.300. The van der Waals surface area contributed by atoms with Crippen LogP contribution in [0.25, 0.3) is 10.9 Å². The van der Waals surface area contributed by atoms with Crippen LogP contribution >= 0.6 is 0 Å². The lowest BCUT2D eigenvalue weighted by Gasteiger charge is -2.25. The summed E-state index contributed by atoms with van der Waals surface area (Å²) in [6, 6.07) is 7.80. The number of amides is 1. The lowest BCUT2D eigenvalue weighted by Crippen LogP contribution is -2.37. The van der Waals surface area contributed by atoms with Gasteiger partial charge < -0.3 is 4.90 Å². The molecule has 1 atom stereocenters. The van der Waals surface area contributed by atoms with E-state index in [0.29, 0.717) is 12.0 Å². The molecule has 3 rings (SSSR count). The van der Waals surface area contributed by atoms with Crippen LogP contribution in [0.3, 0.4) is 0 Å². The molecule has 0 radical (unpaired) electrons. The van der Waals surface area contributed by atoms with Gasteiger partial charge in [0.15, 0.2) is 0 Å². The minimum Gasteiger partial charge on any atom is -0.339 e. The van der Waals surface area contributed by atoms with Crippen LogP contribution in [0.1, 0.15) is 34.2 Å². The zero-order chi connectivity index (χ0) is 18.0. The van der Waals surface area contributed by atoms with Crippen LogP contribution in [-0.4, -0.2) is 38.8 Å². The average molecular weight is 334 g/mol. The van der Waals surface area contributed by atoms with Crippen molar-refractivity contribution in [3.8, 4) is 0 Å². The maximum absolute atomic E-state index is 13.0. The van der Waals surface area contributed by atoms with E-state index in [1.165, 1.54) is 5.56 Å². The first-order valence-electron chi connectivity index (χ1n) is 8.36. The van der Waals surface area contributed by atoms with Gasteiger partial charge in [0, 0.05) is 49.2 Å². The van der Waals surface area contributed by atoms with Gasteiger partial charge in [-0.2, -0.15) is 0 Å². The summed E-state index contributed by atoms with van der Waals surface area (Å²) in [7, 11) is 1.83. The number of carbonyl (C=O) groups excluding carboxylic acids is 1. The normalized spacial score (nSPS) is 12.2. The van der Waals surface area contributed by atoms with Crippen LogP contribution in [0.2, 0.25) is 0 Å². The summed E-state index contributed by atoms with van der Waals surface area (Å²) in [6.45, 7) is 5.95. The fourth-order valence-electron chi connectivity index (χ4n) is 2.87. The maximum Gasteiger partial charge on any atom is 0.255 e. The number of aromatic nitrogens is 3. The third kappa shape index (κ3) is 3.65. The molecule has 0 unspecified atom stereocenters. The molecule has 5 nitrogen and oxygen atoms in total. The number of fused-ring (bicyclic) bond motifs is 1. The third-order valence-electron chi connectivity index (χ3n) is 4.49. The Bertz CT molecular complexity index is 922. The number of aryl methyl sites for hydroxylation is 2. The van der Waals surface area contributed by atoms with Crippen LogP contribution < -0.4 is 0 Å². The standard InChI is InChI=1S/C20H22N4O/c1-13-5-8-22-17(9-13)10-14(2)24(4)20(25)18-11-16-12-21-7-6-19(16)23-15(18)3/h5-9,11-12,14H,10H2,1-4H3/t14-/m1/s1. The van der Waals surface area contributed by atoms with Crippen molar-refractivity contribution in [2.45, 2.75) is 33.2 Å². The minimum atomic E-state index is -0.0316. The second-order valence-electron chi connectivity index (χ2n) is 6.48. The van der Waals surface area contributed by atoms with E-state index < -0.39 is 0 Å². The van der Waals surface area contributed by atoms with Crippen LogP contribution in [0.4, 0.5) is 0 Å². The molecule has 1 amide bonds. The quantitative estimate of drug-likeness (QED) is 0.734. The minimum absolute atomic E-state index is 0.0316. The molecule has 0 fully saturated rings. The monoisotopic (exact) mass is 334 g/mol. The molecule has 3 heterocycles. The number of nitrogens with zero attached hydrogens (tertiary/aromatic N) is 4. The van der Waals surface area contributed by atoms with Gasteiger partial charge in [-0.15, -0.1) is 0 Å². The van der Waals surface area contributed by atoms with Gasteiger partial charge >= 0.3 is 0 Å². The number of carbonyl (C=O) groups is 1. The molecule has 0 bridgehead atoms. The molecule has 128 valence electrons. The molecule has 0 spiro atoms. The average Bonchev–Trinajstić information content (AvgIpc) is 2.60. The molecule has 0 aliphatic rings. The zero-order valence-electron chi connectivity index (χ0n) is 15.0. The number of hydrogen-bond donors (Lipinski definition) is 0. The van der Waals surface area contributed by atoms with Crippen LogP contribution in [0.15, 0.2) is 42.9 Å². The highest BCUT2D eigenvalue weighted by atomic mass is 16.2. The zero-order valence-corrected chi connectivity index (χ0v) is 15.0. The third-order valence-corrected chi connectivity index (χ3v) is 4.49. The molecule has 0 saturated carbocycles. The first kappa shape index (κ1) is 17.0. The van der Waals surface area contributed by atoms with Gasteiger partial charge in [-0.25, -0.2) is 0 Å². The second-order valence-corrected chi connectivity index (χ2v) is 6.48. The van der Waals surface area contributed by atoms with E-state index in [0.717, 1.165) is 22.3 Å². The Morgan fingerprint density at radius 3 is 2.76 bits per heavy atom. The molecule has 3 aromatic rings. The lowest BCUT2D eigenvalue weighted by molar-refractivity contribution is 0.0742. The first-order chi connectivity index (χ1) is 12.0. The van der Waals surface area contributed by atoms with Crippen molar-refractivity contribution in [3.63, 3.8) is 0 Å². The molecule has 25 heavy (non-hydrogen) atoms. The Labute approximate surface area is 147 Å². The highest BCUT2D eigenvalue weighted by Gasteiger charge is 2.21. The van der Waals surface area contributed by atoms with Gasteiger partial charge in [-0.3, -0.25) is 19.7 Å². The summed E-state index contributed by atoms with van der Waals surface area (Å²) in [4.78, 5) is 27.8. The Morgan fingerprint density at radius 2 is 2.00 bits per heavy atom. The summed E-state index contributed by atoms with van der Waals surface area (Å²) in [5.74, 6) is -0.0316. The summed E-state index contributed by atoms with van der Waals surface area (Å²) < 4.78 is 0. The van der Waals surface area contributed by atoms with Gasteiger partial charge in [0.05, 0.1) is 16.8 Å². The van der Waals surface area contributed by atoms with Crippen molar-refractivity contribution in [2.24, 2.45) is 0 Å². The Hall–Kier alpha value is -2.82. The lowest BCUT2D eigenvalue weighted by atomic mass is 10.1. The van der Waals surface area contributed by atoms with Crippen molar-refractivity contribution in [1.29, 1.82) is 0 Å². The summed E-state index contributed by atoms with van der Waals surface area (Å²) in [5.41, 5.74) is 4.37. The van der Waals surface area contributed by atoms with E-state index in [9.17, 15) is 4.79 Å². The van der Waals surface area contributed by atoms with E-state index >= 15 is 0 Å². The van der Waals surface area contributed by atoms with Crippen LogP contribution in [-0.2, 0) is 6.42 Å². The number of rotatable bonds is 4. The number of pyridine rings is 3. The Kier molecular flexibility index (Phi) is 4.74. The highest BCUT2D eigenvalue weighted by Crippen LogP contribution is 2.18. The molecule has 0 N–H and O–H groups in total. The largest absolute Gasteiger partial charge is 0.339 e. The Balaban J connectivity index is 1.83. The van der Waals surface area contributed by atoms with Crippen molar-refractivity contribution < 1.29 is 4.79 Å². The molecule has 5 heteroatoms. The van der Waals surface area contributed by atoms with E-state index in [4.69, 9.17) is 0 Å². The molecule has 0 aliphatic heterocycles. The van der Waals surface area contributed by atoms with Gasteiger partial charge in [0.1, 0.15) is 0 Å². The van der Waals surface area contributed by atoms with Crippen molar-refractivity contribution in [2.75, 3.05) is 7.05 Å². The summed E-state index contributed by atoms with van der Waals surface area (Å²) >= 11 is 0. The number of hydrogen-bond acceptors (Lipinski definition) is 4. The maximum atomic E-state index is 13.0. The van der Waals surface area contributed by atoms with E-state index in [2.05, 4.69) is 21.0 Å². The topological polar surface area (TPSA) is 59.0 Å². The van der Waals surface area contributed by atoms with Crippen molar-refractivity contribution in [1.82, 2.24) is 19.9 Å². The molecular formula is C20H22N4O. The second kappa shape index (κ2) is 6.97. The first-order valence-corrected chi connectivity index (χ1v) is 8.36. The Morgan fingerprint density at radius 1 is 1.20 bits per heavy atom. The molecule has 0 aromatic carbocycles. The predicted octanol–water partition coefficient (Wildman–Crippen LogP) is 3.34. The smallest absolute Gasteiger partial charge is 0.255 e. The fourth-order valence-corrected chi connectivity index (χ4v) is 2.87. The molecule has 0 aliphatic carbocycles. The predicted molar refractivity (Wildman–Crippen MR) is 98.5 cm³/mol. The van der Waals surface area contributed by atoms with Gasteiger partial charge in [0.25, 0.3) is 5.91 Å². The van der Waals surface area contributed by atoms with E-state index in [1.54, 1.807) is 17.3 Å². The molecule has 0 saturated heterocycles. The molecular weight excluding hydrogens is 312 g/mol. The molecule has 3 aromatic heterocycles. The van der Waals surface area contributed by atoms with E-state index in [1.807, 2.05) is 52.2 Å². The van der Waals surface area contributed by atoms with Crippen molar-refractivity contribution >= 4 is 16.8 Å².